The van der Waals surface area contributed by atoms with E-state index in [4.69, 9.17) is 33.2 Å². The van der Waals surface area contributed by atoms with E-state index in [0.29, 0.717) is 16.1 Å². The lowest BCUT2D eigenvalue weighted by Gasteiger charge is -2.08. The average Bonchev–Trinajstić information content (AvgIpc) is 2.48. The maximum Gasteiger partial charge on any atom is 0.340 e. The van der Waals surface area contributed by atoms with Gasteiger partial charge < -0.3 is 4.74 Å². The van der Waals surface area contributed by atoms with Crippen LogP contribution in [0.15, 0.2) is 42.5 Å². The molecule has 0 N–H and O–H groups in total. The number of rotatable bonds is 3. The first-order valence-electron chi connectivity index (χ1n) is 5.72. The van der Waals surface area contributed by atoms with Gasteiger partial charge in [0.1, 0.15) is 6.61 Å². The third-order valence-corrected chi connectivity index (χ3v) is 3.49. The number of nitrogens with zero attached hydrogens (tertiary/aromatic N) is 1. The van der Waals surface area contributed by atoms with E-state index in [9.17, 15) is 4.79 Å². The Hall–Kier alpha value is -2.02. The third-order valence-electron chi connectivity index (χ3n) is 2.67. The van der Waals surface area contributed by atoms with Crippen molar-refractivity contribution in [2.45, 2.75) is 6.61 Å². The molecule has 2 aromatic carbocycles. The first-order chi connectivity index (χ1) is 9.63. The summed E-state index contributed by atoms with van der Waals surface area (Å²) in [5.74, 6) is -0.578. The Kier molecular flexibility index (Phi) is 4.62. The molecule has 0 aliphatic rings. The van der Waals surface area contributed by atoms with Gasteiger partial charge in [0.2, 0.25) is 0 Å². The number of nitriles is 1. The quantitative estimate of drug-likeness (QED) is 0.798. The number of carbonyl (C=O) groups excluding carboxylic acids is 1. The van der Waals surface area contributed by atoms with Crippen LogP contribution in [0.3, 0.4) is 0 Å². The van der Waals surface area contributed by atoms with Crippen molar-refractivity contribution in [2.24, 2.45) is 0 Å². The van der Waals surface area contributed by atoms with Gasteiger partial charge in [-0.25, -0.2) is 4.79 Å². The van der Waals surface area contributed by atoms with Crippen LogP contribution in [0.1, 0.15) is 21.5 Å². The molecule has 100 valence electrons. The first-order valence-corrected chi connectivity index (χ1v) is 6.48. The summed E-state index contributed by atoms with van der Waals surface area (Å²) in [7, 11) is 0. The minimum Gasteiger partial charge on any atom is -0.457 e. The van der Waals surface area contributed by atoms with Crippen molar-refractivity contribution in [3.05, 3.63) is 69.2 Å². The van der Waals surface area contributed by atoms with Gasteiger partial charge in [-0.3, -0.25) is 0 Å². The van der Waals surface area contributed by atoms with Crippen molar-refractivity contribution in [3.63, 3.8) is 0 Å². The van der Waals surface area contributed by atoms with Crippen LogP contribution >= 0.6 is 23.2 Å². The lowest BCUT2D eigenvalue weighted by molar-refractivity contribution is 0.0472. The summed E-state index contributed by atoms with van der Waals surface area (Å²) in [5.41, 5.74) is 1.31. The highest BCUT2D eigenvalue weighted by atomic mass is 35.5. The smallest absolute Gasteiger partial charge is 0.340 e. The monoisotopic (exact) mass is 305 g/mol. The molecule has 0 unspecified atom stereocenters. The fourth-order valence-corrected chi connectivity index (χ4v) is 2.02. The van der Waals surface area contributed by atoms with Gasteiger partial charge in [0.15, 0.2) is 0 Å². The summed E-state index contributed by atoms with van der Waals surface area (Å²) in [6, 6.07) is 13.7. The molecule has 0 saturated heterocycles. The molecule has 0 saturated carbocycles. The number of ether oxygens (including phenoxy) is 1. The van der Waals surface area contributed by atoms with Crippen LogP contribution < -0.4 is 0 Å². The molecule has 5 heteroatoms. The summed E-state index contributed by atoms with van der Waals surface area (Å²) in [6.45, 7) is 0.00537. The highest BCUT2D eigenvalue weighted by molar-refractivity contribution is 6.43. The van der Waals surface area contributed by atoms with Crippen LogP contribution in [0.4, 0.5) is 0 Å². The van der Waals surface area contributed by atoms with Gasteiger partial charge in [0.05, 0.1) is 27.2 Å². The standard InChI is InChI=1S/C15H9Cl2NO2/c16-13-7-3-6-12(14(13)17)15(19)20-9-11-5-2-1-4-10(11)8-18/h1-7H,9H2. The Morgan fingerprint density at radius 3 is 2.65 bits per heavy atom. The SMILES string of the molecule is N#Cc1ccccc1COC(=O)c1cccc(Cl)c1Cl. The number of esters is 1. The van der Waals surface area contributed by atoms with Crippen molar-refractivity contribution < 1.29 is 9.53 Å². The predicted molar refractivity (Wildman–Crippen MR) is 76.7 cm³/mol. The van der Waals surface area contributed by atoms with E-state index in [2.05, 4.69) is 0 Å². The maximum absolute atomic E-state index is 11.9. The van der Waals surface area contributed by atoms with Crippen LogP contribution in [0.25, 0.3) is 0 Å². The molecule has 0 aliphatic heterocycles. The van der Waals surface area contributed by atoms with E-state index < -0.39 is 5.97 Å². The van der Waals surface area contributed by atoms with Crippen LogP contribution in [-0.2, 0) is 11.3 Å². The fourth-order valence-electron chi connectivity index (χ4n) is 1.64. The first kappa shape index (κ1) is 14.4. The van der Waals surface area contributed by atoms with E-state index in [1.807, 2.05) is 6.07 Å². The molecule has 0 aromatic heterocycles. The maximum atomic E-state index is 11.9. The number of benzene rings is 2. The van der Waals surface area contributed by atoms with Crippen LogP contribution in [0.5, 0.6) is 0 Å². The zero-order chi connectivity index (χ0) is 14.5. The molecular formula is C15H9Cl2NO2. The highest BCUT2D eigenvalue weighted by Gasteiger charge is 2.14. The second kappa shape index (κ2) is 6.42. The van der Waals surface area contributed by atoms with Crippen molar-refractivity contribution >= 4 is 29.2 Å². The zero-order valence-electron chi connectivity index (χ0n) is 10.3. The molecule has 0 radical (unpaired) electrons. The molecule has 20 heavy (non-hydrogen) atoms. The topological polar surface area (TPSA) is 50.1 Å². The number of carbonyl (C=O) groups is 1. The molecule has 0 bridgehead atoms. The van der Waals surface area contributed by atoms with Gasteiger partial charge >= 0.3 is 5.97 Å². The number of hydrogen-bond acceptors (Lipinski definition) is 3. The summed E-state index contributed by atoms with van der Waals surface area (Å²) in [4.78, 5) is 11.9. The van der Waals surface area contributed by atoms with E-state index in [1.165, 1.54) is 6.07 Å². The van der Waals surface area contributed by atoms with Gasteiger partial charge in [-0.15, -0.1) is 0 Å². The Balaban J connectivity index is 2.13. The van der Waals surface area contributed by atoms with E-state index in [1.54, 1.807) is 36.4 Å². The molecule has 0 atom stereocenters. The Morgan fingerprint density at radius 2 is 1.90 bits per heavy atom. The molecule has 0 fully saturated rings. The molecule has 0 spiro atoms. The molecule has 0 heterocycles. The average molecular weight is 306 g/mol. The van der Waals surface area contributed by atoms with Gasteiger partial charge in [0, 0.05) is 5.56 Å². The van der Waals surface area contributed by atoms with Crippen LogP contribution in [-0.4, -0.2) is 5.97 Å². The van der Waals surface area contributed by atoms with Crippen LogP contribution in [0, 0.1) is 11.3 Å². The second-order valence-electron chi connectivity index (χ2n) is 3.95. The molecular weight excluding hydrogens is 297 g/mol. The third kappa shape index (κ3) is 3.11. The molecule has 0 aliphatic carbocycles. The Bertz CT molecular complexity index is 693. The summed E-state index contributed by atoms with van der Waals surface area (Å²) >= 11 is 11.8. The van der Waals surface area contributed by atoms with Crippen molar-refractivity contribution in [2.75, 3.05) is 0 Å². The van der Waals surface area contributed by atoms with Crippen molar-refractivity contribution in [1.82, 2.24) is 0 Å². The molecule has 0 amide bonds. The number of halogens is 2. The van der Waals surface area contributed by atoms with E-state index >= 15 is 0 Å². The van der Waals surface area contributed by atoms with Crippen LogP contribution in [0.2, 0.25) is 10.0 Å². The normalized spacial score (nSPS) is 9.85. The highest BCUT2D eigenvalue weighted by Crippen LogP contribution is 2.26. The summed E-state index contributed by atoms with van der Waals surface area (Å²) in [5, 5.41) is 9.40. The molecule has 2 aromatic rings. The lowest BCUT2D eigenvalue weighted by atomic mass is 10.1. The Labute approximate surface area is 126 Å². The van der Waals surface area contributed by atoms with Gasteiger partial charge in [-0.05, 0) is 18.2 Å². The van der Waals surface area contributed by atoms with Gasteiger partial charge in [-0.1, -0.05) is 47.5 Å². The fraction of sp³-hybridized carbons (Fsp3) is 0.0667. The molecule has 2 rings (SSSR count). The minimum atomic E-state index is -0.578. The van der Waals surface area contributed by atoms with Crippen molar-refractivity contribution in [3.8, 4) is 6.07 Å². The van der Waals surface area contributed by atoms with Crippen molar-refractivity contribution in [1.29, 1.82) is 5.26 Å². The lowest BCUT2D eigenvalue weighted by Crippen LogP contribution is -2.07. The molecule has 3 nitrogen and oxygen atoms in total. The van der Waals surface area contributed by atoms with E-state index in [-0.39, 0.29) is 17.2 Å². The predicted octanol–water partition coefficient (Wildman–Crippen LogP) is 4.22. The zero-order valence-corrected chi connectivity index (χ0v) is 11.8. The Morgan fingerprint density at radius 1 is 1.15 bits per heavy atom. The summed E-state index contributed by atoms with van der Waals surface area (Å²) in [6.07, 6.45) is 0. The van der Waals surface area contributed by atoms with E-state index in [0.717, 1.165) is 0 Å². The largest absolute Gasteiger partial charge is 0.457 e. The van der Waals surface area contributed by atoms with Gasteiger partial charge in [-0.2, -0.15) is 5.26 Å². The minimum absolute atomic E-state index is 0.00537. The van der Waals surface area contributed by atoms with Gasteiger partial charge in [0.25, 0.3) is 0 Å². The summed E-state index contributed by atoms with van der Waals surface area (Å²) < 4.78 is 5.16. The number of hydrogen-bond donors (Lipinski definition) is 0. The second-order valence-corrected chi connectivity index (χ2v) is 4.73.